The van der Waals surface area contributed by atoms with Gasteiger partial charge in [0.2, 0.25) is 0 Å². The second-order valence-electron chi connectivity index (χ2n) is 7.49. The number of fused-ring (bicyclic) bond motifs is 1. The highest BCUT2D eigenvalue weighted by Gasteiger charge is 2.09. The highest BCUT2D eigenvalue weighted by molar-refractivity contribution is 5.76. The molecule has 0 aliphatic heterocycles. The van der Waals surface area contributed by atoms with Crippen LogP contribution in [0.3, 0.4) is 0 Å². The SMILES string of the molecule is CC(CCN)c1ccc(N(C)c2ccc(Oc3nc4cnccc4c(=O)[nH]3)cc2)cc1. The molecule has 4 aromatic rings. The molecule has 2 aromatic heterocycles. The van der Waals surface area contributed by atoms with Gasteiger partial charge in [-0.15, -0.1) is 0 Å². The van der Waals surface area contributed by atoms with Gasteiger partial charge in [-0.05, 0) is 66.9 Å². The number of H-pyrrole nitrogens is 1. The van der Waals surface area contributed by atoms with Gasteiger partial charge in [-0.2, -0.15) is 4.98 Å². The maximum atomic E-state index is 12.2. The quantitative estimate of drug-likeness (QED) is 0.466. The number of ether oxygens (including phenoxy) is 1. The zero-order valence-corrected chi connectivity index (χ0v) is 17.6. The van der Waals surface area contributed by atoms with Crippen LogP contribution in [0.4, 0.5) is 11.4 Å². The Morgan fingerprint density at radius 3 is 2.42 bits per heavy atom. The first-order chi connectivity index (χ1) is 15.0. The summed E-state index contributed by atoms with van der Waals surface area (Å²) < 4.78 is 5.75. The van der Waals surface area contributed by atoms with Crippen LogP contribution >= 0.6 is 0 Å². The first-order valence-corrected chi connectivity index (χ1v) is 10.2. The number of benzene rings is 2. The summed E-state index contributed by atoms with van der Waals surface area (Å²) in [5.41, 5.74) is 9.29. The minimum Gasteiger partial charge on any atom is -0.426 e. The van der Waals surface area contributed by atoms with Gasteiger partial charge in [0.25, 0.3) is 5.56 Å². The standard InChI is InChI=1S/C24H25N5O2/c1-16(11-13-25)17-3-5-18(6-4-17)29(2)19-7-9-20(10-8-19)31-24-27-22-15-26-14-12-21(22)23(30)28-24/h3-10,12,14-16H,11,13,25H2,1-2H3,(H,27,28,30). The van der Waals surface area contributed by atoms with Crippen molar-refractivity contribution in [2.45, 2.75) is 19.3 Å². The third-order valence-corrected chi connectivity index (χ3v) is 5.37. The van der Waals surface area contributed by atoms with Crippen LogP contribution < -0.4 is 20.9 Å². The topological polar surface area (TPSA) is 97.1 Å². The summed E-state index contributed by atoms with van der Waals surface area (Å²) in [7, 11) is 2.02. The molecule has 0 fully saturated rings. The Bertz CT molecular complexity index is 1220. The van der Waals surface area contributed by atoms with Crippen molar-refractivity contribution in [3.05, 3.63) is 82.9 Å². The number of rotatable bonds is 7. The van der Waals surface area contributed by atoms with E-state index in [0.717, 1.165) is 17.8 Å². The molecule has 0 aliphatic rings. The molecule has 1 atom stereocenters. The van der Waals surface area contributed by atoms with Gasteiger partial charge >= 0.3 is 6.01 Å². The first-order valence-electron chi connectivity index (χ1n) is 10.2. The molecule has 0 aliphatic carbocycles. The number of anilines is 2. The molecule has 31 heavy (non-hydrogen) atoms. The predicted octanol–water partition coefficient (Wildman–Crippen LogP) is 4.33. The van der Waals surface area contributed by atoms with E-state index in [1.165, 1.54) is 11.8 Å². The Balaban J connectivity index is 1.48. The Morgan fingerprint density at radius 1 is 1.06 bits per heavy atom. The molecule has 0 spiro atoms. The maximum absolute atomic E-state index is 12.2. The van der Waals surface area contributed by atoms with Gasteiger partial charge in [0.1, 0.15) is 5.75 Å². The van der Waals surface area contributed by atoms with Crippen molar-refractivity contribution in [2.24, 2.45) is 5.73 Å². The lowest BCUT2D eigenvalue weighted by molar-refractivity contribution is 0.443. The first kappa shape index (κ1) is 20.6. The summed E-state index contributed by atoms with van der Waals surface area (Å²) >= 11 is 0. The number of aromatic amines is 1. The highest BCUT2D eigenvalue weighted by Crippen LogP contribution is 2.28. The lowest BCUT2D eigenvalue weighted by Crippen LogP contribution is -2.10. The normalized spacial score (nSPS) is 12.0. The summed E-state index contributed by atoms with van der Waals surface area (Å²) in [6.45, 7) is 2.88. The van der Waals surface area contributed by atoms with Gasteiger partial charge in [-0.3, -0.25) is 14.8 Å². The van der Waals surface area contributed by atoms with E-state index in [9.17, 15) is 4.79 Å². The third kappa shape index (κ3) is 4.57. The van der Waals surface area contributed by atoms with Crippen LogP contribution in [-0.4, -0.2) is 28.5 Å². The number of pyridine rings is 1. The molecule has 0 amide bonds. The molecule has 1 unspecified atom stereocenters. The van der Waals surface area contributed by atoms with Gasteiger partial charge in [-0.25, -0.2) is 0 Å². The molecule has 3 N–H and O–H groups in total. The Kier molecular flexibility index (Phi) is 5.95. The van der Waals surface area contributed by atoms with Crippen LogP contribution in [0.5, 0.6) is 11.8 Å². The summed E-state index contributed by atoms with van der Waals surface area (Å²) in [4.78, 5) is 25.2. The summed E-state index contributed by atoms with van der Waals surface area (Å²) in [5, 5.41) is 0.475. The van der Waals surface area contributed by atoms with Gasteiger partial charge in [0, 0.05) is 24.6 Å². The number of aromatic nitrogens is 3. The van der Waals surface area contributed by atoms with E-state index in [2.05, 4.69) is 51.0 Å². The average molecular weight is 415 g/mol. The van der Waals surface area contributed by atoms with Crippen LogP contribution in [0.1, 0.15) is 24.8 Å². The zero-order chi connectivity index (χ0) is 21.8. The smallest absolute Gasteiger partial charge is 0.302 e. The molecule has 2 heterocycles. The van der Waals surface area contributed by atoms with Crippen LogP contribution in [0.25, 0.3) is 10.9 Å². The third-order valence-electron chi connectivity index (χ3n) is 5.37. The number of nitrogens with one attached hydrogen (secondary N) is 1. The highest BCUT2D eigenvalue weighted by atomic mass is 16.5. The van der Waals surface area contributed by atoms with Crippen molar-refractivity contribution in [1.82, 2.24) is 15.0 Å². The Morgan fingerprint density at radius 2 is 1.74 bits per heavy atom. The minimum atomic E-state index is -0.261. The number of nitrogens with zero attached hydrogens (tertiary/aromatic N) is 3. The zero-order valence-electron chi connectivity index (χ0n) is 17.6. The molecule has 0 radical (unpaired) electrons. The monoisotopic (exact) mass is 415 g/mol. The molecule has 0 saturated heterocycles. The van der Waals surface area contributed by atoms with Gasteiger partial charge in [0.15, 0.2) is 0 Å². The lowest BCUT2D eigenvalue weighted by Gasteiger charge is -2.21. The van der Waals surface area contributed by atoms with Crippen LogP contribution in [0.15, 0.2) is 71.8 Å². The number of hydrogen-bond donors (Lipinski definition) is 2. The van der Waals surface area contributed by atoms with Crippen LogP contribution in [0.2, 0.25) is 0 Å². The van der Waals surface area contributed by atoms with E-state index in [0.29, 0.717) is 29.1 Å². The van der Waals surface area contributed by atoms with Crippen molar-refractivity contribution in [3.8, 4) is 11.8 Å². The van der Waals surface area contributed by atoms with Gasteiger partial charge < -0.3 is 15.4 Å². The Hall–Kier alpha value is -3.71. The molecule has 158 valence electrons. The van der Waals surface area contributed by atoms with Crippen molar-refractivity contribution >= 4 is 22.3 Å². The summed E-state index contributed by atoms with van der Waals surface area (Å²) in [6.07, 6.45) is 4.07. The molecular weight excluding hydrogens is 390 g/mol. The lowest BCUT2D eigenvalue weighted by atomic mass is 9.97. The Labute approximate surface area is 180 Å². The maximum Gasteiger partial charge on any atom is 0.302 e. The molecule has 7 heteroatoms. The largest absolute Gasteiger partial charge is 0.426 e. The van der Waals surface area contributed by atoms with Gasteiger partial charge in [-0.1, -0.05) is 19.1 Å². The van der Waals surface area contributed by atoms with E-state index in [-0.39, 0.29) is 11.6 Å². The van der Waals surface area contributed by atoms with E-state index in [1.54, 1.807) is 12.3 Å². The molecule has 4 rings (SSSR count). The minimum absolute atomic E-state index is 0.133. The van der Waals surface area contributed by atoms with E-state index in [4.69, 9.17) is 10.5 Å². The number of nitrogens with two attached hydrogens (primary N) is 1. The van der Waals surface area contributed by atoms with Gasteiger partial charge in [0.05, 0.1) is 17.1 Å². The van der Waals surface area contributed by atoms with Crippen LogP contribution in [0, 0.1) is 0 Å². The molecule has 2 aromatic carbocycles. The van der Waals surface area contributed by atoms with E-state index < -0.39 is 0 Å². The molecular formula is C24H25N5O2. The second kappa shape index (κ2) is 8.97. The number of hydrogen-bond acceptors (Lipinski definition) is 6. The summed E-state index contributed by atoms with van der Waals surface area (Å²) in [5.74, 6) is 1.03. The predicted molar refractivity (Wildman–Crippen MR) is 123 cm³/mol. The molecule has 7 nitrogen and oxygen atoms in total. The van der Waals surface area contributed by atoms with Crippen LogP contribution in [-0.2, 0) is 0 Å². The fraction of sp³-hybridized carbons (Fsp3) is 0.208. The van der Waals surface area contributed by atoms with Crippen molar-refractivity contribution in [2.75, 3.05) is 18.5 Å². The fourth-order valence-corrected chi connectivity index (χ4v) is 3.46. The fourth-order valence-electron chi connectivity index (χ4n) is 3.46. The molecule has 0 bridgehead atoms. The van der Waals surface area contributed by atoms with Crippen molar-refractivity contribution < 1.29 is 4.74 Å². The molecule has 0 saturated carbocycles. The van der Waals surface area contributed by atoms with Crippen molar-refractivity contribution in [1.29, 1.82) is 0 Å². The second-order valence-corrected chi connectivity index (χ2v) is 7.49. The van der Waals surface area contributed by atoms with E-state index in [1.807, 2.05) is 31.3 Å². The van der Waals surface area contributed by atoms with E-state index >= 15 is 0 Å². The average Bonchev–Trinajstić information content (AvgIpc) is 2.79. The summed E-state index contributed by atoms with van der Waals surface area (Å²) in [6, 6.07) is 17.9. The van der Waals surface area contributed by atoms with Crippen molar-refractivity contribution in [3.63, 3.8) is 0 Å².